The van der Waals surface area contributed by atoms with Gasteiger partial charge in [-0.05, 0) is 78.2 Å². The van der Waals surface area contributed by atoms with Crippen LogP contribution in [-0.2, 0) is 11.3 Å². The Morgan fingerprint density at radius 2 is 2.00 bits per heavy atom. The van der Waals surface area contributed by atoms with Crippen molar-refractivity contribution in [1.29, 1.82) is 0 Å². The van der Waals surface area contributed by atoms with Crippen molar-refractivity contribution in [3.8, 4) is 0 Å². The number of hydrogen-bond acceptors (Lipinski definition) is 4. The molecule has 140 valence electrons. The second-order valence-electron chi connectivity index (χ2n) is 7.93. The lowest BCUT2D eigenvalue weighted by atomic mass is 9.93. The van der Waals surface area contributed by atoms with Crippen LogP contribution in [0.15, 0.2) is 12.1 Å². The van der Waals surface area contributed by atoms with E-state index in [1.165, 1.54) is 42.2 Å². The lowest BCUT2D eigenvalue weighted by Gasteiger charge is -2.43. The standard InChI is InChI=1S/C20H33N3OS/c1-15(2)22-11-8-18(9-12-22)23-10-4-5-17(14-23)20(24)21-13-19-7-6-16(3)25-19/h6-7,15,17-18H,4-5,8-14H2,1-3H3,(H,21,24). The van der Waals surface area contributed by atoms with Crippen molar-refractivity contribution in [3.05, 3.63) is 21.9 Å². The Morgan fingerprint density at radius 3 is 2.64 bits per heavy atom. The summed E-state index contributed by atoms with van der Waals surface area (Å²) in [5.74, 6) is 0.410. The van der Waals surface area contributed by atoms with Crippen LogP contribution >= 0.6 is 11.3 Å². The third-order valence-corrected chi connectivity index (χ3v) is 6.80. The molecule has 1 N–H and O–H groups in total. The molecule has 0 saturated carbocycles. The molecule has 0 bridgehead atoms. The fraction of sp³-hybridized carbons (Fsp3) is 0.750. The van der Waals surface area contributed by atoms with Crippen molar-refractivity contribution in [3.63, 3.8) is 0 Å². The molecule has 0 radical (unpaired) electrons. The van der Waals surface area contributed by atoms with Crippen LogP contribution in [0.2, 0.25) is 0 Å². The zero-order valence-corrected chi connectivity index (χ0v) is 16.8. The molecule has 2 aliphatic heterocycles. The van der Waals surface area contributed by atoms with Crippen LogP contribution < -0.4 is 5.32 Å². The van der Waals surface area contributed by atoms with Crippen LogP contribution in [0.4, 0.5) is 0 Å². The van der Waals surface area contributed by atoms with E-state index in [9.17, 15) is 4.79 Å². The maximum Gasteiger partial charge on any atom is 0.224 e. The molecule has 0 aromatic carbocycles. The largest absolute Gasteiger partial charge is 0.351 e. The van der Waals surface area contributed by atoms with E-state index in [0.29, 0.717) is 18.6 Å². The van der Waals surface area contributed by atoms with E-state index in [1.54, 1.807) is 11.3 Å². The first-order valence-corrected chi connectivity index (χ1v) is 10.7. The Bertz CT molecular complexity index is 563. The van der Waals surface area contributed by atoms with Gasteiger partial charge in [0.25, 0.3) is 0 Å². The average Bonchev–Trinajstić information content (AvgIpc) is 3.05. The number of aryl methyl sites for hydroxylation is 1. The molecule has 5 heteroatoms. The molecule has 1 unspecified atom stereocenters. The minimum atomic E-state index is 0.165. The number of likely N-dealkylation sites (tertiary alicyclic amines) is 2. The molecule has 2 fully saturated rings. The van der Waals surface area contributed by atoms with Crippen molar-refractivity contribution in [1.82, 2.24) is 15.1 Å². The minimum Gasteiger partial charge on any atom is -0.351 e. The highest BCUT2D eigenvalue weighted by Crippen LogP contribution is 2.25. The maximum atomic E-state index is 12.6. The summed E-state index contributed by atoms with van der Waals surface area (Å²) >= 11 is 1.77. The van der Waals surface area contributed by atoms with Crippen molar-refractivity contribution in [2.75, 3.05) is 26.2 Å². The van der Waals surface area contributed by atoms with Gasteiger partial charge in [0.05, 0.1) is 12.5 Å². The summed E-state index contributed by atoms with van der Waals surface area (Å²) in [7, 11) is 0. The number of amides is 1. The second-order valence-corrected chi connectivity index (χ2v) is 9.30. The zero-order chi connectivity index (χ0) is 17.8. The van der Waals surface area contributed by atoms with Gasteiger partial charge in [-0.3, -0.25) is 9.69 Å². The highest BCUT2D eigenvalue weighted by molar-refractivity contribution is 7.11. The van der Waals surface area contributed by atoms with Gasteiger partial charge < -0.3 is 10.2 Å². The van der Waals surface area contributed by atoms with Gasteiger partial charge in [-0.15, -0.1) is 11.3 Å². The first kappa shape index (κ1) is 18.9. The molecule has 3 heterocycles. The van der Waals surface area contributed by atoms with E-state index in [4.69, 9.17) is 0 Å². The Labute approximate surface area is 156 Å². The number of hydrogen-bond donors (Lipinski definition) is 1. The molecule has 1 aromatic rings. The Hall–Kier alpha value is -0.910. The number of carbonyl (C=O) groups is 1. The summed E-state index contributed by atoms with van der Waals surface area (Å²) < 4.78 is 0. The molecule has 2 saturated heterocycles. The SMILES string of the molecule is Cc1ccc(CNC(=O)C2CCCN(C3CCN(C(C)C)CC3)C2)s1. The Kier molecular flexibility index (Phi) is 6.53. The van der Waals surface area contributed by atoms with E-state index < -0.39 is 0 Å². The summed E-state index contributed by atoms with van der Waals surface area (Å²) in [6, 6.07) is 5.57. The van der Waals surface area contributed by atoms with Gasteiger partial charge in [-0.1, -0.05) is 0 Å². The summed E-state index contributed by atoms with van der Waals surface area (Å²) in [5, 5.41) is 3.16. The third-order valence-electron chi connectivity index (χ3n) is 5.80. The highest BCUT2D eigenvalue weighted by Gasteiger charge is 2.31. The van der Waals surface area contributed by atoms with E-state index in [1.807, 2.05) is 0 Å². The van der Waals surface area contributed by atoms with Crippen molar-refractivity contribution in [2.24, 2.45) is 5.92 Å². The number of nitrogens with one attached hydrogen (secondary N) is 1. The fourth-order valence-corrected chi connectivity index (χ4v) is 5.05. The quantitative estimate of drug-likeness (QED) is 0.872. The minimum absolute atomic E-state index is 0.165. The number of carbonyl (C=O) groups excluding carboxylic acids is 1. The van der Waals surface area contributed by atoms with Gasteiger partial charge in [0.2, 0.25) is 5.91 Å². The zero-order valence-electron chi connectivity index (χ0n) is 16.0. The van der Waals surface area contributed by atoms with E-state index >= 15 is 0 Å². The van der Waals surface area contributed by atoms with Crippen molar-refractivity contribution in [2.45, 2.75) is 65.1 Å². The van der Waals surface area contributed by atoms with Crippen LogP contribution in [-0.4, -0.2) is 54.0 Å². The molecular formula is C20H33N3OS. The monoisotopic (exact) mass is 363 g/mol. The highest BCUT2D eigenvalue weighted by atomic mass is 32.1. The van der Waals surface area contributed by atoms with Gasteiger partial charge >= 0.3 is 0 Å². The predicted octanol–water partition coefficient (Wildman–Crippen LogP) is 3.26. The fourth-order valence-electron chi connectivity index (χ4n) is 4.22. The average molecular weight is 364 g/mol. The number of nitrogens with zero attached hydrogens (tertiary/aromatic N) is 2. The lowest BCUT2D eigenvalue weighted by Crippen LogP contribution is -2.51. The molecule has 0 spiro atoms. The van der Waals surface area contributed by atoms with Crippen LogP contribution in [0, 0.1) is 12.8 Å². The van der Waals surface area contributed by atoms with Gasteiger partial charge in [-0.25, -0.2) is 0 Å². The smallest absolute Gasteiger partial charge is 0.224 e. The molecule has 1 atom stereocenters. The maximum absolute atomic E-state index is 12.6. The van der Waals surface area contributed by atoms with Crippen LogP contribution in [0.5, 0.6) is 0 Å². The normalized spacial score (nSPS) is 23.9. The van der Waals surface area contributed by atoms with Crippen LogP contribution in [0.25, 0.3) is 0 Å². The summed E-state index contributed by atoms with van der Waals surface area (Å²) in [4.78, 5) is 20.3. The molecule has 1 amide bonds. The lowest BCUT2D eigenvalue weighted by molar-refractivity contribution is -0.127. The van der Waals surface area contributed by atoms with Gasteiger partial charge in [0, 0.05) is 28.4 Å². The van der Waals surface area contributed by atoms with Crippen molar-refractivity contribution >= 4 is 17.2 Å². The summed E-state index contributed by atoms with van der Waals surface area (Å²) in [6.07, 6.45) is 4.69. The molecule has 4 nitrogen and oxygen atoms in total. The van der Waals surface area contributed by atoms with Gasteiger partial charge in [0.1, 0.15) is 0 Å². The van der Waals surface area contributed by atoms with E-state index in [-0.39, 0.29) is 11.8 Å². The van der Waals surface area contributed by atoms with Crippen molar-refractivity contribution < 1.29 is 4.79 Å². The van der Waals surface area contributed by atoms with Crippen LogP contribution in [0.3, 0.4) is 0 Å². The molecule has 1 aromatic heterocycles. The molecule has 3 rings (SSSR count). The Morgan fingerprint density at radius 1 is 1.24 bits per heavy atom. The number of thiophene rings is 1. The second kappa shape index (κ2) is 8.65. The Balaban J connectivity index is 1.46. The summed E-state index contributed by atoms with van der Waals surface area (Å²) in [6.45, 7) is 11.9. The molecule has 0 aliphatic carbocycles. The number of rotatable bonds is 5. The predicted molar refractivity (Wildman–Crippen MR) is 105 cm³/mol. The molecule has 25 heavy (non-hydrogen) atoms. The first-order chi connectivity index (χ1) is 12.0. The van der Waals surface area contributed by atoms with Gasteiger partial charge in [-0.2, -0.15) is 0 Å². The molecule has 2 aliphatic rings. The summed E-state index contributed by atoms with van der Waals surface area (Å²) in [5.41, 5.74) is 0. The van der Waals surface area contributed by atoms with E-state index in [0.717, 1.165) is 19.4 Å². The number of piperidine rings is 2. The van der Waals surface area contributed by atoms with Gasteiger partial charge in [0.15, 0.2) is 0 Å². The third kappa shape index (κ3) is 5.05. The van der Waals surface area contributed by atoms with Crippen LogP contribution in [0.1, 0.15) is 49.3 Å². The van der Waals surface area contributed by atoms with E-state index in [2.05, 4.69) is 48.0 Å². The topological polar surface area (TPSA) is 35.6 Å². The first-order valence-electron chi connectivity index (χ1n) is 9.84. The molecular weight excluding hydrogens is 330 g/mol.